The lowest BCUT2D eigenvalue weighted by molar-refractivity contribution is 0.557. The zero-order chi connectivity index (χ0) is 12.5. The average molecular weight is 258 g/mol. The molecule has 0 bridgehead atoms. The summed E-state index contributed by atoms with van der Waals surface area (Å²) in [5.41, 5.74) is 0.593. The van der Waals surface area contributed by atoms with Crippen LogP contribution in [0, 0.1) is 12.7 Å². The van der Waals surface area contributed by atoms with Crippen LogP contribution in [0.25, 0.3) is 0 Å². The van der Waals surface area contributed by atoms with E-state index in [1.54, 1.807) is 6.92 Å². The van der Waals surface area contributed by atoms with E-state index in [2.05, 4.69) is 10.0 Å². The van der Waals surface area contributed by atoms with Gasteiger partial charge in [0.05, 0.1) is 4.90 Å². The fraction of sp³-hybridized carbons (Fsp3) is 0.455. The second kappa shape index (κ2) is 4.72. The summed E-state index contributed by atoms with van der Waals surface area (Å²) in [6, 6.07) is 3.70. The van der Waals surface area contributed by atoms with Crippen LogP contribution in [0.1, 0.15) is 12.0 Å². The Morgan fingerprint density at radius 3 is 2.76 bits per heavy atom. The predicted molar refractivity (Wildman–Crippen MR) is 62.7 cm³/mol. The Bertz CT molecular complexity index is 490. The molecule has 0 aromatic heterocycles. The van der Waals surface area contributed by atoms with Gasteiger partial charge in [0.2, 0.25) is 10.0 Å². The van der Waals surface area contributed by atoms with Crippen LogP contribution in [-0.4, -0.2) is 27.5 Å². The van der Waals surface area contributed by atoms with Gasteiger partial charge in [0.15, 0.2) is 0 Å². The number of nitrogens with one attached hydrogen (secondary N) is 2. The van der Waals surface area contributed by atoms with E-state index >= 15 is 0 Å². The van der Waals surface area contributed by atoms with Crippen LogP contribution in [0.15, 0.2) is 23.1 Å². The maximum atomic E-state index is 13.2. The van der Waals surface area contributed by atoms with Crippen molar-refractivity contribution < 1.29 is 12.8 Å². The number of sulfonamides is 1. The van der Waals surface area contributed by atoms with Gasteiger partial charge in [-0.3, -0.25) is 0 Å². The number of aryl methyl sites for hydroxylation is 1. The molecule has 0 radical (unpaired) electrons. The standard InChI is InChI=1S/C11H15FN2O2S/c1-8-4-9(12)6-11(5-8)17(15,16)14-10-2-3-13-7-10/h4-6,10,13-14H,2-3,7H2,1H3. The summed E-state index contributed by atoms with van der Waals surface area (Å²) in [6.07, 6.45) is 0.757. The Morgan fingerprint density at radius 1 is 1.41 bits per heavy atom. The molecule has 2 N–H and O–H groups in total. The second-order valence-electron chi connectivity index (χ2n) is 4.28. The van der Waals surface area contributed by atoms with E-state index in [-0.39, 0.29) is 10.9 Å². The summed E-state index contributed by atoms with van der Waals surface area (Å²) >= 11 is 0. The van der Waals surface area contributed by atoms with Crippen molar-refractivity contribution in [2.75, 3.05) is 13.1 Å². The van der Waals surface area contributed by atoms with Crippen molar-refractivity contribution in [3.63, 3.8) is 0 Å². The molecule has 1 heterocycles. The van der Waals surface area contributed by atoms with Crippen molar-refractivity contribution in [1.29, 1.82) is 0 Å². The van der Waals surface area contributed by atoms with Crippen molar-refractivity contribution in [3.8, 4) is 0 Å². The summed E-state index contributed by atoms with van der Waals surface area (Å²) in [6.45, 7) is 3.09. The van der Waals surface area contributed by atoms with E-state index < -0.39 is 15.8 Å². The molecule has 6 heteroatoms. The topological polar surface area (TPSA) is 58.2 Å². The van der Waals surface area contributed by atoms with Crippen LogP contribution in [0.5, 0.6) is 0 Å². The molecule has 0 spiro atoms. The summed E-state index contributed by atoms with van der Waals surface area (Å²) in [5.74, 6) is -0.532. The van der Waals surface area contributed by atoms with E-state index in [9.17, 15) is 12.8 Å². The molecular formula is C11H15FN2O2S. The molecule has 1 unspecified atom stereocenters. The Labute approximate surface area is 100 Å². The third-order valence-corrected chi connectivity index (χ3v) is 4.21. The third-order valence-electron chi connectivity index (χ3n) is 2.71. The minimum Gasteiger partial charge on any atom is -0.315 e. The third kappa shape index (κ3) is 3.02. The summed E-state index contributed by atoms with van der Waals surface area (Å²) in [4.78, 5) is -0.0121. The van der Waals surface area contributed by atoms with Gasteiger partial charge in [0, 0.05) is 12.6 Å². The van der Waals surface area contributed by atoms with Crippen LogP contribution >= 0.6 is 0 Å². The molecule has 0 saturated carbocycles. The second-order valence-corrected chi connectivity index (χ2v) is 5.99. The Hall–Kier alpha value is -0.980. The fourth-order valence-corrected chi connectivity index (χ4v) is 3.29. The molecule has 1 fully saturated rings. The first kappa shape index (κ1) is 12.5. The highest BCUT2D eigenvalue weighted by molar-refractivity contribution is 7.89. The monoisotopic (exact) mass is 258 g/mol. The van der Waals surface area contributed by atoms with E-state index in [1.165, 1.54) is 12.1 Å². The van der Waals surface area contributed by atoms with Crippen molar-refractivity contribution in [3.05, 3.63) is 29.6 Å². The maximum Gasteiger partial charge on any atom is 0.240 e. The summed E-state index contributed by atoms with van der Waals surface area (Å²) < 4.78 is 39.7. The summed E-state index contributed by atoms with van der Waals surface area (Å²) in [5, 5.41) is 3.07. The van der Waals surface area contributed by atoms with Gasteiger partial charge < -0.3 is 5.32 Å². The van der Waals surface area contributed by atoms with Gasteiger partial charge >= 0.3 is 0 Å². The SMILES string of the molecule is Cc1cc(F)cc(S(=O)(=O)NC2CCNC2)c1. The molecule has 1 aliphatic heterocycles. The molecule has 0 amide bonds. The number of rotatable bonds is 3. The van der Waals surface area contributed by atoms with Crippen molar-refractivity contribution in [2.24, 2.45) is 0 Å². The number of halogens is 1. The lowest BCUT2D eigenvalue weighted by atomic mass is 10.2. The first-order valence-electron chi connectivity index (χ1n) is 5.47. The minimum absolute atomic E-state index is 0.0121. The highest BCUT2D eigenvalue weighted by Gasteiger charge is 2.23. The van der Waals surface area contributed by atoms with Gasteiger partial charge in [-0.25, -0.2) is 17.5 Å². The maximum absolute atomic E-state index is 13.2. The molecule has 2 rings (SSSR count). The Kier molecular flexibility index (Phi) is 3.46. The fourth-order valence-electron chi connectivity index (χ4n) is 1.90. The molecule has 4 nitrogen and oxygen atoms in total. The van der Waals surface area contributed by atoms with Crippen LogP contribution in [0.2, 0.25) is 0 Å². The van der Waals surface area contributed by atoms with Crippen LogP contribution < -0.4 is 10.0 Å². The van der Waals surface area contributed by atoms with Crippen LogP contribution in [-0.2, 0) is 10.0 Å². The Balaban J connectivity index is 2.24. The molecule has 1 aromatic rings. The first-order valence-corrected chi connectivity index (χ1v) is 6.96. The smallest absolute Gasteiger partial charge is 0.240 e. The Morgan fingerprint density at radius 2 is 2.18 bits per heavy atom. The molecule has 1 aliphatic rings. The first-order chi connectivity index (χ1) is 7.97. The number of hydrogen-bond donors (Lipinski definition) is 2. The van der Waals surface area contributed by atoms with E-state index in [4.69, 9.17) is 0 Å². The lowest BCUT2D eigenvalue weighted by Gasteiger charge is -2.12. The molecule has 94 valence electrons. The quantitative estimate of drug-likeness (QED) is 0.842. The molecular weight excluding hydrogens is 243 g/mol. The normalized spacial score (nSPS) is 20.7. The number of hydrogen-bond acceptors (Lipinski definition) is 3. The molecule has 17 heavy (non-hydrogen) atoms. The zero-order valence-corrected chi connectivity index (χ0v) is 10.3. The van der Waals surface area contributed by atoms with Gasteiger partial charge in [0.25, 0.3) is 0 Å². The van der Waals surface area contributed by atoms with Crippen molar-refractivity contribution >= 4 is 10.0 Å². The lowest BCUT2D eigenvalue weighted by Crippen LogP contribution is -2.36. The van der Waals surface area contributed by atoms with E-state index in [1.807, 2.05) is 0 Å². The van der Waals surface area contributed by atoms with Gasteiger partial charge in [0.1, 0.15) is 5.82 Å². The van der Waals surface area contributed by atoms with E-state index in [0.717, 1.165) is 19.0 Å². The largest absolute Gasteiger partial charge is 0.315 e. The van der Waals surface area contributed by atoms with E-state index in [0.29, 0.717) is 12.1 Å². The van der Waals surface area contributed by atoms with Crippen molar-refractivity contribution in [1.82, 2.24) is 10.0 Å². The predicted octanol–water partition coefficient (Wildman–Crippen LogP) is 0.774. The van der Waals surface area contributed by atoms with Gasteiger partial charge in [-0.1, -0.05) is 0 Å². The molecule has 1 atom stereocenters. The summed E-state index contributed by atoms with van der Waals surface area (Å²) in [7, 11) is -3.62. The average Bonchev–Trinajstić information content (AvgIpc) is 2.68. The van der Waals surface area contributed by atoms with Crippen LogP contribution in [0.4, 0.5) is 4.39 Å². The number of benzene rings is 1. The molecule has 0 aliphatic carbocycles. The van der Waals surface area contributed by atoms with Gasteiger partial charge in [-0.05, 0) is 43.7 Å². The minimum atomic E-state index is -3.62. The van der Waals surface area contributed by atoms with Gasteiger partial charge in [-0.2, -0.15) is 0 Å². The highest BCUT2D eigenvalue weighted by atomic mass is 32.2. The van der Waals surface area contributed by atoms with Gasteiger partial charge in [-0.15, -0.1) is 0 Å². The van der Waals surface area contributed by atoms with Crippen LogP contribution in [0.3, 0.4) is 0 Å². The highest BCUT2D eigenvalue weighted by Crippen LogP contribution is 2.15. The zero-order valence-electron chi connectivity index (χ0n) is 9.53. The molecule has 1 aromatic carbocycles. The molecule has 1 saturated heterocycles. The van der Waals surface area contributed by atoms with Crippen molar-refractivity contribution in [2.45, 2.75) is 24.3 Å².